The van der Waals surface area contributed by atoms with Crippen molar-refractivity contribution in [3.05, 3.63) is 40.9 Å². The number of aromatic nitrogens is 2. The van der Waals surface area contributed by atoms with Crippen molar-refractivity contribution in [2.75, 3.05) is 11.9 Å². The van der Waals surface area contributed by atoms with Gasteiger partial charge in [-0.05, 0) is 12.5 Å². The third kappa shape index (κ3) is 2.76. The predicted molar refractivity (Wildman–Crippen MR) is 63.3 cm³/mol. The zero-order chi connectivity index (χ0) is 10.5. The summed E-state index contributed by atoms with van der Waals surface area (Å²) < 4.78 is 0. The van der Waals surface area contributed by atoms with Crippen molar-refractivity contribution in [1.29, 1.82) is 0 Å². The first-order valence-corrected chi connectivity index (χ1v) is 5.80. The Labute approximate surface area is 93.2 Å². The Bertz CT molecular complexity index is 411. The molecule has 1 aromatic heterocycles. The van der Waals surface area contributed by atoms with Crippen molar-refractivity contribution in [3.63, 3.8) is 0 Å². The number of benzene rings is 1. The highest BCUT2D eigenvalue weighted by Gasteiger charge is 2.03. The van der Waals surface area contributed by atoms with Gasteiger partial charge in [0.15, 0.2) is 0 Å². The number of anilines is 1. The molecule has 2 rings (SSSR count). The van der Waals surface area contributed by atoms with Crippen LogP contribution in [0.2, 0.25) is 0 Å². The zero-order valence-corrected chi connectivity index (χ0v) is 9.42. The van der Waals surface area contributed by atoms with E-state index in [1.54, 1.807) is 11.3 Å². The van der Waals surface area contributed by atoms with E-state index in [-0.39, 0.29) is 0 Å². The van der Waals surface area contributed by atoms with Crippen LogP contribution in [-0.4, -0.2) is 16.7 Å². The largest absolute Gasteiger partial charge is 0.360 e. The normalized spacial score (nSPS) is 10.2. The third-order valence-electron chi connectivity index (χ3n) is 1.99. The van der Waals surface area contributed by atoms with E-state index in [1.165, 1.54) is 5.56 Å². The molecule has 0 bridgehead atoms. The summed E-state index contributed by atoms with van der Waals surface area (Å²) in [6.45, 7) is 2.94. The molecule has 15 heavy (non-hydrogen) atoms. The summed E-state index contributed by atoms with van der Waals surface area (Å²) in [7, 11) is 0. The van der Waals surface area contributed by atoms with Crippen molar-refractivity contribution < 1.29 is 0 Å². The van der Waals surface area contributed by atoms with E-state index < -0.39 is 0 Å². The van der Waals surface area contributed by atoms with E-state index in [0.717, 1.165) is 23.1 Å². The van der Waals surface area contributed by atoms with Crippen molar-refractivity contribution >= 4 is 16.5 Å². The number of hydrogen-bond acceptors (Lipinski definition) is 4. The molecule has 0 saturated carbocycles. The van der Waals surface area contributed by atoms with Gasteiger partial charge in [0.25, 0.3) is 0 Å². The highest BCUT2D eigenvalue weighted by molar-refractivity contribution is 7.15. The Kier molecular flexibility index (Phi) is 3.29. The van der Waals surface area contributed by atoms with Gasteiger partial charge in [-0.15, -0.1) is 10.2 Å². The summed E-state index contributed by atoms with van der Waals surface area (Å²) in [4.78, 5) is 0. The van der Waals surface area contributed by atoms with E-state index in [2.05, 4.69) is 34.6 Å². The lowest BCUT2D eigenvalue weighted by molar-refractivity contribution is 0.996. The molecule has 0 aliphatic carbocycles. The van der Waals surface area contributed by atoms with Crippen LogP contribution in [0.15, 0.2) is 30.3 Å². The Morgan fingerprint density at radius 2 is 2.00 bits per heavy atom. The first kappa shape index (κ1) is 10.1. The highest BCUT2D eigenvalue weighted by atomic mass is 32.1. The van der Waals surface area contributed by atoms with Crippen molar-refractivity contribution in [2.45, 2.75) is 13.3 Å². The second-order valence-electron chi connectivity index (χ2n) is 3.19. The highest BCUT2D eigenvalue weighted by Crippen LogP contribution is 2.17. The van der Waals surface area contributed by atoms with Gasteiger partial charge < -0.3 is 5.32 Å². The fraction of sp³-hybridized carbons (Fsp3) is 0.273. The average Bonchev–Trinajstić information content (AvgIpc) is 2.68. The van der Waals surface area contributed by atoms with E-state index in [9.17, 15) is 0 Å². The molecule has 2 aromatic rings. The van der Waals surface area contributed by atoms with Crippen molar-refractivity contribution in [2.24, 2.45) is 0 Å². The molecule has 0 fully saturated rings. The second-order valence-corrected chi connectivity index (χ2v) is 4.26. The molecule has 4 heteroatoms. The molecular weight excluding hydrogens is 206 g/mol. The molecule has 3 nitrogen and oxygen atoms in total. The summed E-state index contributed by atoms with van der Waals surface area (Å²) >= 11 is 1.62. The van der Waals surface area contributed by atoms with E-state index >= 15 is 0 Å². The maximum atomic E-state index is 4.14. The molecule has 1 aromatic carbocycles. The lowest BCUT2D eigenvalue weighted by Crippen LogP contribution is -1.94. The van der Waals surface area contributed by atoms with Gasteiger partial charge in [0.2, 0.25) is 5.13 Å². The van der Waals surface area contributed by atoms with E-state index in [1.807, 2.05) is 18.2 Å². The molecule has 0 aliphatic heterocycles. The summed E-state index contributed by atoms with van der Waals surface area (Å²) in [5, 5.41) is 13.3. The Hall–Kier alpha value is -1.42. The second kappa shape index (κ2) is 4.89. The van der Waals surface area contributed by atoms with Crippen molar-refractivity contribution in [3.8, 4) is 0 Å². The summed E-state index contributed by atoms with van der Waals surface area (Å²) in [6.07, 6.45) is 0.865. The van der Waals surface area contributed by atoms with Crippen LogP contribution < -0.4 is 5.32 Å². The fourth-order valence-corrected chi connectivity index (χ4v) is 2.16. The first-order valence-electron chi connectivity index (χ1n) is 4.98. The molecule has 0 unspecified atom stereocenters. The number of rotatable bonds is 4. The van der Waals surface area contributed by atoms with Gasteiger partial charge in [0.05, 0.1) is 0 Å². The maximum Gasteiger partial charge on any atom is 0.205 e. The SMILES string of the molecule is CCNc1nnc(Cc2ccccc2)s1. The van der Waals surface area contributed by atoms with Gasteiger partial charge in [-0.1, -0.05) is 41.7 Å². The maximum absolute atomic E-state index is 4.14. The average molecular weight is 219 g/mol. The summed E-state index contributed by atoms with van der Waals surface area (Å²) in [6, 6.07) is 10.3. The molecule has 78 valence electrons. The molecule has 0 spiro atoms. The lowest BCUT2D eigenvalue weighted by atomic mass is 10.2. The number of hydrogen-bond donors (Lipinski definition) is 1. The van der Waals surface area contributed by atoms with Crippen LogP contribution in [0.5, 0.6) is 0 Å². The van der Waals surface area contributed by atoms with E-state index in [0.29, 0.717) is 0 Å². The predicted octanol–water partition coefficient (Wildman–Crippen LogP) is 2.56. The van der Waals surface area contributed by atoms with Crippen LogP contribution in [0.4, 0.5) is 5.13 Å². The van der Waals surface area contributed by atoms with Crippen LogP contribution in [-0.2, 0) is 6.42 Å². The minimum Gasteiger partial charge on any atom is -0.360 e. The third-order valence-corrected chi connectivity index (χ3v) is 2.87. The van der Waals surface area contributed by atoms with Crippen LogP contribution in [0.1, 0.15) is 17.5 Å². The van der Waals surface area contributed by atoms with Gasteiger partial charge in [0, 0.05) is 13.0 Å². The van der Waals surface area contributed by atoms with Gasteiger partial charge in [-0.3, -0.25) is 0 Å². The van der Waals surface area contributed by atoms with Crippen molar-refractivity contribution in [1.82, 2.24) is 10.2 Å². The molecule has 0 atom stereocenters. The monoisotopic (exact) mass is 219 g/mol. The minimum absolute atomic E-state index is 0.865. The van der Waals surface area contributed by atoms with Crippen LogP contribution in [0, 0.1) is 0 Å². The molecule has 0 saturated heterocycles. The van der Waals surface area contributed by atoms with E-state index in [4.69, 9.17) is 0 Å². The quantitative estimate of drug-likeness (QED) is 0.858. The van der Waals surface area contributed by atoms with Gasteiger partial charge in [-0.2, -0.15) is 0 Å². The van der Waals surface area contributed by atoms with Gasteiger partial charge in [-0.25, -0.2) is 0 Å². The Morgan fingerprint density at radius 3 is 2.73 bits per heavy atom. The standard InChI is InChI=1S/C11H13N3S/c1-2-12-11-14-13-10(15-11)8-9-6-4-3-5-7-9/h3-7H,2,8H2,1H3,(H,12,14). The summed E-state index contributed by atoms with van der Waals surface area (Å²) in [5.74, 6) is 0. The number of nitrogens with one attached hydrogen (secondary N) is 1. The van der Waals surface area contributed by atoms with Gasteiger partial charge >= 0.3 is 0 Å². The van der Waals surface area contributed by atoms with Crippen LogP contribution in [0.25, 0.3) is 0 Å². The van der Waals surface area contributed by atoms with Gasteiger partial charge in [0.1, 0.15) is 5.01 Å². The summed E-state index contributed by atoms with van der Waals surface area (Å²) in [5.41, 5.74) is 1.27. The molecule has 0 amide bonds. The molecule has 0 aliphatic rings. The molecular formula is C11H13N3S. The van der Waals surface area contributed by atoms with Crippen LogP contribution in [0.3, 0.4) is 0 Å². The Morgan fingerprint density at radius 1 is 1.20 bits per heavy atom. The molecule has 1 heterocycles. The smallest absolute Gasteiger partial charge is 0.205 e. The molecule has 0 radical (unpaired) electrons. The first-order chi connectivity index (χ1) is 7.38. The van der Waals surface area contributed by atoms with Crippen LogP contribution >= 0.6 is 11.3 Å². The lowest BCUT2D eigenvalue weighted by Gasteiger charge is -1.95. The number of nitrogens with zero attached hydrogens (tertiary/aromatic N) is 2. The minimum atomic E-state index is 0.865. The Balaban J connectivity index is 2.05. The zero-order valence-electron chi connectivity index (χ0n) is 8.60. The topological polar surface area (TPSA) is 37.8 Å². The fourth-order valence-electron chi connectivity index (χ4n) is 1.32. The molecule has 1 N–H and O–H groups in total.